The molecule has 0 spiro atoms. The molecule has 0 saturated heterocycles. The fraction of sp³-hybridized carbons (Fsp3) is 0.143. The molecule has 1 aromatic heterocycles. The van der Waals surface area contributed by atoms with Crippen molar-refractivity contribution in [1.29, 1.82) is 0 Å². The Morgan fingerprint density at radius 2 is 2.56 bits per heavy atom. The van der Waals surface area contributed by atoms with Crippen LogP contribution in [0.1, 0.15) is 13.9 Å². The molecule has 0 bridgehead atoms. The topological polar surface area (TPSA) is 41.8 Å². The van der Waals surface area contributed by atoms with E-state index < -0.39 is 0 Å². The van der Waals surface area contributed by atoms with Gasteiger partial charge in [0.1, 0.15) is 5.82 Å². The van der Waals surface area contributed by atoms with Crippen molar-refractivity contribution in [3.63, 3.8) is 0 Å². The lowest BCUT2D eigenvalue weighted by atomic mass is 10.2. The lowest BCUT2D eigenvalue weighted by Crippen LogP contribution is -1.87. The summed E-state index contributed by atoms with van der Waals surface area (Å²) >= 11 is 0. The maximum atomic E-state index is 5.53. The number of nitrogen functional groups attached to an aromatic ring is 1. The number of rotatable bonds is 1. The highest BCUT2D eigenvalue weighted by Crippen LogP contribution is 2.16. The van der Waals surface area contributed by atoms with E-state index in [-0.39, 0.29) is 1.43 Å². The van der Waals surface area contributed by atoms with Crippen molar-refractivity contribution in [3.8, 4) is 0 Å². The third-order valence-electron chi connectivity index (χ3n) is 1.24. The van der Waals surface area contributed by atoms with E-state index in [9.17, 15) is 0 Å². The van der Waals surface area contributed by atoms with Crippen LogP contribution in [0.25, 0.3) is 5.57 Å². The Kier molecular flexibility index (Phi) is 1.30. The van der Waals surface area contributed by atoms with Gasteiger partial charge in [0, 0.05) is 13.2 Å². The largest absolute Gasteiger partial charge is 0.385 e. The number of anilines is 1. The van der Waals surface area contributed by atoms with Crippen molar-refractivity contribution < 1.29 is 1.43 Å². The molecule has 2 heteroatoms. The Morgan fingerprint density at radius 3 is 2.78 bits per heavy atom. The molecule has 1 aromatic rings. The number of hydrogen-bond donors (Lipinski definition) is 2. The van der Waals surface area contributed by atoms with E-state index >= 15 is 0 Å². The van der Waals surface area contributed by atoms with Gasteiger partial charge >= 0.3 is 0 Å². The number of hydrogen-bond acceptors (Lipinski definition) is 1. The van der Waals surface area contributed by atoms with Crippen LogP contribution in [-0.2, 0) is 0 Å². The Bertz CT molecular complexity index is 227. The highest BCUT2D eigenvalue weighted by molar-refractivity contribution is 5.70. The van der Waals surface area contributed by atoms with Gasteiger partial charge < -0.3 is 10.7 Å². The third-order valence-corrected chi connectivity index (χ3v) is 1.24. The van der Waals surface area contributed by atoms with Crippen LogP contribution >= 0.6 is 0 Å². The molecule has 0 unspecified atom stereocenters. The maximum absolute atomic E-state index is 5.53. The van der Waals surface area contributed by atoms with E-state index in [1.54, 1.807) is 6.20 Å². The molecule has 2 nitrogen and oxygen atoms in total. The van der Waals surface area contributed by atoms with Gasteiger partial charge in [0.15, 0.2) is 0 Å². The van der Waals surface area contributed by atoms with Gasteiger partial charge in [-0.1, -0.05) is 6.58 Å². The third kappa shape index (κ3) is 0.964. The van der Waals surface area contributed by atoms with Crippen LogP contribution in [0.15, 0.2) is 18.8 Å². The summed E-state index contributed by atoms with van der Waals surface area (Å²) in [7, 11) is 0. The minimum absolute atomic E-state index is 0. The first kappa shape index (κ1) is 5.95. The molecular formula is C7H12N2. The van der Waals surface area contributed by atoms with Gasteiger partial charge in [-0.05, 0) is 18.6 Å². The molecule has 50 valence electrons. The number of nitrogens with two attached hydrogens (primary N) is 1. The summed E-state index contributed by atoms with van der Waals surface area (Å²) in [6, 6.07) is 1.91. The first-order valence-corrected chi connectivity index (χ1v) is 2.80. The smallest absolute Gasteiger partial charge is 0.108 e. The molecule has 0 fully saturated rings. The summed E-state index contributed by atoms with van der Waals surface area (Å²) in [4.78, 5) is 2.87. The summed E-state index contributed by atoms with van der Waals surface area (Å²) in [5.74, 6) is 0.697. The van der Waals surface area contributed by atoms with E-state index in [1.807, 2.05) is 13.0 Å². The molecule has 1 rings (SSSR count). The standard InChI is InChI=1S/C7H10N2.H2/c1-5(2)6-3-4-9-7(6)8;/h3-4,9H,1,8H2,2H3;1H. The average molecular weight is 124 g/mol. The van der Waals surface area contributed by atoms with E-state index in [1.165, 1.54) is 0 Å². The summed E-state index contributed by atoms with van der Waals surface area (Å²) in [6.07, 6.45) is 1.80. The molecule has 0 aliphatic heterocycles. The molecule has 0 radical (unpaired) electrons. The second-order valence-corrected chi connectivity index (χ2v) is 2.09. The van der Waals surface area contributed by atoms with Crippen LogP contribution in [0.4, 0.5) is 5.82 Å². The van der Waals surface area contributed by atoms with Crippen LogP contribution in [-0.4, -0.2) is 4.98 Å². The van der Waals surface area contributed by atoms with E-state index in [4.69, 9.17) is 5.73 Å². The normalized spacial score (nSPS) is 9.44. The highest BCUT2D eigenvalue weighted by atomic mass is 14.8. The van der Waals surface area contributed by atoms with Gasteiger partial charge in [0.25, 0.3) is 0 Å². The first-order chi connectivity index (χ1) is 4.22. The fourth-order valence-corrected chi connectivity index (χ4v) is 0.754. The average Bonchev–Trinajstić information content (AvgIpc) is 2.13. The molecule has 0 atom stereocenters. The summed E-state index contributed by atoms with van der Waals surface area (Å²) in [6.45, 7) is 5.69. The van der Waals surface area contributed by atoms with Crippen molar-refractivity contribution in [2.45, 2.75) is 6.92 Å². The molecular weight excluding hydrogens is 112 g/mol. The van der Waals surface area contributed by atoms with Crippen molar-refractivity contribution >= 4 is 11.4 Å². The van der Waals surface area contributed by atoms with Crippen LogP contribution in [0.2, 0.25) is 0 Å². The first-order valence-electron chi connectivity index (χ1n) is 2.80. The van der Waals surface area contributed by atoms with Crippen LogP contribution < -0.4 is 5.73 Å². The summed E-state index contributed by atoms with van der Waals surface area (Å²) in [5.41, 5.74) is 7.53. The zero-order valence-electron chi connectivity index (χ0n) is 5.44. The van der Waals surface area contributed by atoms with E-state index in [0.717, 1.165) is 11.1 Å². The second kappa shape index (κ2) is 1.97. The van der Waals surface area contributed by atoms with Crippen LogP contribution in [0.3, 0.4) is 0 Å². The predicted octanol–water partition coefficient (Wildman–Crippen LogP) is 1.88. The van der Waals surface area contributed by atoms with Gasteiger partial charge in [0.05, 0.1) is 0 Å². The lowest BCUT2D eigenvalue weighted by molar-refractivity contribution is 1.41. The molecule has 0 saturated carbocycles. The molecule has 1 heterocycles. The molecule has 0 amide bonds. The second-order valence-electron chi connectivity index (χ2n) is 2.09. The fourth-order valence-electron chi connectivity index (χ4n) is 0.754. The van der Waals surface area contributed by atoms with Crippen molar-refractivity contribution in [2.75, 3.05) is 5.73 Å². The number of aromatic nitrogens is 1. The molecule has 9 heavy (non-hydrogen) atoms. The van der Waals surface area contributed by atoms with Crippen LogP contribution in [0, 0.1) is 0 Å². The number of allylic oxidation sites excluding steroid dienone is 1. The zero-order chi connectivity index (χ0) is 6.85. The van der Waals surface area contributed by atoms with Gasteiger partial charge in [-0.2, -0.15) is 0 Å². The minimum Gasteiger partial charge on any atom is -0.385 e. The van der Waals surface area contributed by atoms with Crippen molar-refractivity contribution in [1.82, 2.24) is 4.98 Å². The SMILES string of the molecule is C=C(C)c1cc[nH]c1N.[HH]. The van der Waals surface area contributed by atoms with Crippen molar-refractivity contribution in [2.24, 2.45) is 0 Å². The summed E-state index contributed by atoms with van der Waals surface area (Å²) < 4.78 is 0. The maximum Gasteiger partial charge on any atom is 0.108 e. The van der Waals surface area contributed by atoms with Gasteiger partial charge in [-0.3, -0.25) is 0 Å². The molecule has 0 aliphatic carbocycles. The van der Waals surface area contributed by atoms with Crippen LogP contribution in [0.5, 0.6) is 0 Å². The Balaban J connectivity index is 0.000000810. The Hall–Kier alpha value is -1.18. The van der Waals surface area contributed by atoms with Gasteiger partial charge in [-0.25, -0.2) is 0 Å². The van der Waals surface area contributed by atoms with Crippen molar-refractivity contribution in [3.05, 3.63) is 24.4 Å². The van der Waals surface area contributed by atoms with Gasteiger partial charge in [0.2, 0.25) is 0 Å². The highest BCUT2D eigenvalue weighted by Gasteiger charge is 1.97. The minimum atomic E-state index is 0. The number of nitrogens with one attached hydrogen (secondary N) is 1. The lowest BCUT2D eigenvalue weighted by Gasteiger charge is -1.93. The Morgan fingerprint density at radius 1 is 1.89 bits per heavy atom. The Labute approximate surface area is 55.9 Å². The quantitative estimate of drug-likeness (QED) is 0.589. The van der Waals surface area contributed by atoms with E-state index in [2.05, 4.69) is 11.6 Å². The monoisotopic (exact) mass is 124 g/mol. The predicted molar refractivity (Wildman–Crippen MR) is 42.0 cm³/mol. The summed E-state index contributed by atoms with van der Waals surface area (Å²) in [5, 5.41) is 0. The van der Waals surface area contributed by atoms with E-state index in [0.29, 0.717) is 5.82 Å². The zero-order valence-corrected chi connectivity index (χ0v) is 5.44. The molecule has 0 aromatic carbocycles. The molecule has 0 aliphatic rings. The van der Waals surface area contributed by atoms with Gasteiger partial charge in [-0.15, -0.1) is 0 Å². The number of aromatic amines is 1. The number of H-pyrrole nitrogens is 1. The molecule has 3 N–H and O–H groups in total.